The Morgan fingerprint density at radius 3 is 2.83 bits per heavy atom. The van der Waals surface area contributed by atoms with Gasteiger partial charge in [0.2, 0.25) is 5.95 Å². The summed E-state index contributed by atoms with van der Waals surface area (Å²) in [7, 11) is 0. The van der Waals surface area contributed by atoms with Crippen LogP contribution >= 0.6 is 0 Å². The lowest BCUT2D eigenvalue weighted by Gasteiger charge is -2.15. The number of aromatic nitrogens is 4. The second kappa shape index (κ2) is 7.08. The Kier molecular flexibility index (Phi) is 5.15. The summed E-state index contributed by atoms with van der Waals surface area (Å²) >= 11 is 0. The smallest absolute Gasteiger partial charge is 0.303 e. The molecule has 124 valence electrons. The van der Waals surface area contributed by atoms with Crippen molar-refractivity contribution in [3.05, 3.63) is 29.5 Å². The van der Waals surface area contributed by atoms with Crippen molar-refractivity contribution in [3.8, 4) is 0 Å². The second-order valence-electron chi connectivity index (χ2n) is 5.59. The molecule has 8 heteroatoms. The van der Waals surface area contributed by atoms with E-state index in [-0.39, 0.29) is 12.4 Å². The van der Waals surface area contributed by atoms with E-state index in [1.807, 2.05) is 6.20 Å². The van der Waals surface area contributed by atoms with Gasteiger partial charge in [0.15, 0.2) is 0 Å². The van der Waals surface area contributed by atoms with Gasteiger partial charge in [0.05, 0.1) is 6.54 Å². The van der Waals surface area contributed by atoms with Gasteiger partial charge in [0.25, 0.3) is 0 Å². The number of rotatable bonds is 7. The SMILES string of the molecule is Cc1nc(N)nc(NCc2nccn2C(C)C)c1CCC(=O)O. The van der Waals surface area contributed by atoms with Crippen LogP contribution in [-0.4, -0.2) is 30.6 Å². The number of hydrogen-bond acceptors (Lipinski definition) is 6. The maximum Gasteiger partial charge on any atom is 0.303 e. The van der Waals surface area contributed by atoms with Crippen molar-refractivity contribution in [3.63, 3.8) is 0 Å². The van der Waals surface area contributed by atoms with E-state index in [4.69, 9.17) is 10.8 Å². The van der Waals surface area contributed by atoms with Gasteiger partial charge in [-0.3, -0.25) is 4.79 Å². The molecule has 0 fully saturated rings. The number of aliphatic carboxylic acids is 1. The zero-order chi connectivity index (χ0) is 17.0. The number of carboxylic acids is 1. The molecule has 0 amide bonds. The maximum atomic E-state index is 10.8. The number of nitrogens with zero attached hydrogens (tertiary/aromatic N) is 4. The summed E-state index contributed by atoms with van der Waals surface area (Å²) in [6.07, 6.45) is 4.04. The molecule has 0 saturated heterocycles. The Labute approximate surface area is 134 Å². The molecule has 23 heavy (non-hydrogen) atoms. The van der Waals surface area contributed by atoms with Gasteiger partial charge in [-0.05, 0) is 27.2 Å². The Morgan fingerprint density at radius 2 is 2.17 bits per heavy atom. The molecule has 4 N–H and O–H groups in total. The summed E-state index contributed by atoms with van der Waals surface area (Å²) in [6.45, 7) is 6.43. The molecular formula is C15H22N6O2. The van der Waals surface area contributed by atoms with E-state index >= 15 is 0 Å². The van der Waals surface area contributed by atoms with Gasteiger partial charge < -0.3 is 20.7 Å². The Bertz CT molecular complexity index is 695. The van der Waals surface area contributed by atoms with Crippen molar-refractivity contribution >= 4 is 17.7 Å². The summed E-state index contributed by atoms with van der Waals surface area (Å²) in [6, 6.07) is 0.304. The zero-order valence-corrected chi connectivity index (χ0v) is 13.6. The molecule has 0 spiro atoms. The first kappa shape index (κ1) is 16.7. The molecule has 0 radical (unpaired) electrons. The monoisotopic (exact) mass is 318 g/mol. The highest BCUT2D eigenvalue weighted by Crippen LogP contribution is 2.20. The minimum Gasteiger partial charge on any atom is -0.481 e. The van der Waals surface area contributed by atoms with Crippen molar-refractivity contribution in [1.29, 1.82) is 0 Å². The molecule has 8 nitrogen and oxygen atoms in total. The summed E-state index contributed by atoms with van der Waals surface area (Å²) in [5.74, 6) is 0.743. The van der Waals surface area contributed by atoms with Crippen LogP contribution in [0.15, 0.2) is 12.4 Å². The third-order valence-electron chi connectivity index (χ3n) is 3.54. The van der Waals surface area contributed by atoms with E-state index in [2.05, 4.69) is 38.7 Å². The normalized spacial score (nSPS) is 11.0. The molecule has 2 aromatic heterocycles. The predicted octanol–water partition coefficient (Wildman–Crippen LogP) is 1.77. The Morgan fingerprint density at radius 1 is 1.43 bits per heavy atom. The molecule has 0 atom stereocenters. The molecule has 0 saturated carbocycles. The van der Waals surface area contributed by atoms with E-state index < -0.39 is 5.97 Å². The first-order chi connectivity index (χ1) is 10.9. The lowest BCUT2D eigenvalue weighted by Crippen LogP contribution is -2.14. The first-order valence-electron chi connectivity index (χ1n) is 7.48. The molecular weight excluding hydrogens is 296 g/mol. The zero-order valence-electron chi connectivity index (χ0n) is 13.6. The third-order valence-corrected chi connectivity index (χ3v) is 3.54. The number of aryl methyl sites for hydroxylation is 1. The number of carbonyl (C=O) groups is 1. The minimum absolute atomic E-state index is 0.0173. The van der Waals surface area contributed by atoms with Crippen LogP contribution in [0.4, 0.5) is 11.8 Å². The quantitative estimate of drug-likeness (QED) is 0.711. The lowest BCUT2D eigenvalue weighted by atomic mass is 10.1. The first-order valence-corrected chi connectivity index (χ1v) is 7.48. The predicted molar refractivity (Wildman–Crippen MR) is 87.1 cm³/mol. The minimum atomic E-state index is -0.859. The molecule has 0 aromatic carbocycles. The van der Waals surface area contributed by atoms with Gasteiger partial charge in [-0.1, -0.05) is 0 Å². The summed E-state index contributed by atoms with van der Waals surface area (Å²) < 4.78 is 2.06. The van der Waals surface area contributed by atoms with E-state index in [0.717, 1.165) is 11.4 Å². The van der Waals surface area contributed by atoms with Crippen LogP contribution in [0.5, 0.6) is 0 Å². The maximum absolute atomic E-state index is 10.8. The number of carboxylic acid groups (broad SMARTS) is 1. The Balaban J connectivity index is 2.21. The topological polar surface area (TPSA) is 119 Å². The second-order valence-corrected chi connectivity index (χ2v) is 5.59. The average molecular weight is 318 g/mol. The highest BCUT2D eigenvalue weighted by molar-refractivity contribution is 5.67. The lowest BCUT2D eigenvalue weighted by molar-refractivity contribution is -0.136. The van der Waals surface area contributed by atoms with Crippen molar-refractivity contribution in [2.24, 2.45) is 0 Å². The summed E-state index contributed by atoms with van der Waals surface area (Å²) in [4.78, 5) is 23.5. The van der Waals surface area contributed by atoms with Crippen molar-refractivity contribution < 1.29 is 9.90 Å². The molecule has 2 aromatic rings. The van der Waals surface area contributed by atoms with Crippen LogP contribution in [0.3, 0.4) is 0 Å². The van der Waals surface area contributed by atoms with Crippen LogP contribution in [0.25, 0.3) is 0 Å². The van der Waals surface area contributed by atoms with Crippen LogP contribution in [0.2, 0.25) is 0 Å². The third kappa shape index (κ3) is 4.18. The van der Waals surface area contributed by atoms with Gasteiger partial charge in [0.1, 0.15) is 11.6 Å². The number of nitrogen functional groups attached to an aromatic ring is 1. The standard InChI is InChI=1S/C15H22N6O2/c1-9(2)21-7-6-17-12(21)8-18-14-11(4-5-13(22)23)10(3)19-15(16)20-14/h6-7,9H,4-5,8H2,1-3H3,(H,22,23)(H3,16,18,19,20). The fraction of sp³-hybridized carbons (Fsp3) is 0.467. The van der Waals surface area contributed by atoms with E-state index in [9.17, 15) is 4.79 Å². The number of nitrogens with two attached hydrogens (primary N) is 1. The molecule has 2 rings (SSSR count). The highest BCUT2D eigenvalue weighted by Gasteiger charge is 2.13. The van der Waals surface area contributed by atoms with Crippen LogP contribution in [0.1, 0.15) is 43.4 Å². The number of nitrogens with one attached hydrogen (secondary N) is 1. The number of imidazole rings is 1. The van der Waals surface area contributed by atoms with Gasteiger partial charge in [-0.2, -0.15) is 4.98 Å². The van der Waals surface area contributed by atoms with Gasteiger partial charge >= 0.3 is 5.97 Å². The number of anilines is 2. The van der Waals surface area contributed by atoms with Gasteiger partial charge in [-0.25, -0.2) is 9.97 Å². The summed E-state index contributed by atoms with van der Waals surface area (Å²) in [5, 5.41) is 12.1. The molecule has 0 aliphatic heterocycles. The fourth-order valence-electron chi connectivity index (χ4n) is 2.41. The van der Waals surface area contributed by atoms with E-state index in [1.54, 1.807) is 13.1 Å². The van der Waals surface area contributed by atoms with E-state index in [1.165, 1.54) is 0 Å². The largest absolute Gasteiger partial charge is 0.481 e. The number of hydrogen-bond donors (Lipinski definition) is 3. The molecule has 0 aliphatic rings. The highest BCUT2D eigenvalue weighted by atomic mass is 16.4. The molecule has 2 heterocycles. The molecule has 0 aliphatic carbocycles. The van der Waals surface area contributed by atoms with Crippen molar-refractivity contribution in [1.82, 2.24) is 19.5 Å². The molecule has 0 bridgehead atoms. The Hall–Kier alpha value is -2.64. The van der Waals surface area contributed by atoms with Gasteiger partial charge in [0, 0.05) is 36.1 Å². The van der Waals surface area contributed by atoms with Gasteiger partial charge in [-0.15, -0.1) is 0 Å². The fourth-order valence-corrected chi connectivity index (χ4v) is 2.41. The van der Waals surface area contributed by atoms with E-state index in [0.29, 0.717) is 30.5 Å². The van der Waals surface area contributed by atoms with Crippen molar-refractivity contribution in [2.75, 3.05) is 11.1 Å². The van der Waals surface area contributed by atoms with Crippen LogP contribution in [-0.2, 0) is 17.8 Å². The van der Waals surface area contributed by atoms with Crippen LogP contribution < -0.4 is 11.1 Å². The van der Waals surface area contributed by atoms with Crippen molar-refractivity contribution in [2.45, 2.75) is 46.2 Å². The van der Waals surface area contributed by atoms with Crippen LogP contribution in [0, 0.1) is 6.92 Å². The molecule has 0 unspecified atom stereocenters. The summed E-state index contributed by atoms with van der Waals surface area (Å²) in [5.41, 5.74) is 7.17. The average Bonchev–Trinajstić information content (AvgIpc) is 2.92.